The number of nitrogens with one attached hydrogen (secondary N) is 2. The highest BCUT2D eigenvalue weighted by Gasteiger charge is 1.66. The number of guanidine groups is 1. The lowest BCUT2D eigenvalue weighted by molar-refractivity contribution is 0.995. The number of hydrogen-bond acceptors (Lipinski definition) is 2. The van der Waals surface area contributed by atoms with Crippen LogP contribution in [0.25, 0.3) is 0 Å². The molecule has 0 rings (SSSR count). The van der Waals surface area contributed by atoms with Gasteiger partial charge in [-0.25, -0.2) is 5.84 Å². The smallest absolute Gasteiger partial charge is 0.200 e. The highest BCUT2D eigenvalue weighted by molar-refractivity contribution is 5.73. The van der Waals surface area contributed by atoms with Crippen LogP contribution in [0, 0.1) is 5.41 Å². The van der Waals surface area contributed by atoms with Gasteiger partial charge in [-0.05, 0) is 0 Å². The highest BCUT2D eigenvalue weighted by Crippen LogP contribution is 1.25. The molecule has 38 valence electrons. The second-order valence-corrected chi connectivity index (χ2v) is 0.558. The van der Waals surface area contributed by atoms with Crippen LogP contribution in [0.1, 0.15) is 7.43 Å². The Morgan fingerprint density at radius 1 is 1.67 bits per heavy atom. The van der Waals surface area contributed by atoms with Crippen molar-refractivity contribution in [3.63, 3.8) is 0 Å². The zero-order valence-corrected chi connectivity index (χ0v) is 2.65. The van der Waals surface area contributed by atoms with Gasteiger partial charge >= 0.3 is 0 Å². The van der Waals surface area contributed by atoms with Gasteiger partial charge in [0.15, 0.2) is 5.96 Å². The predicted octanol–water partition coefficient (Wildman–Crippen LogP) is -1.02. The van der Waals surface area contributed by atoms with Gasteiger partial charge in [0.25, 0.3) is 0 Å². The lowest BCUT2D eigenvalue weighted by atomic mass is 11.1. The van der Waals surface area contributed by atoms with Crippen molar-refractivity contribution in [3.8, 4) is 0 Å². The average molecular weight is 90.1 g/mol. The van der Waals surface area contributed by atoms with Gasteiger partial charge in [-0.15, -0.1) is 0 Å². The van der Waals surface area contributed by atoms with Crippen molar-refractivity contribution in [3.05, 3.63) is 0 Å². The normalized spacial score (nSPS) is 5.50. The molecule has 0 fully saturated rings. The Morgan fingerprint density at radius 2 is 1.83 bits per heavy atom. The van der Waals surface area contributed by atoms with Crippen LogP contribution in [0.4, 0.5) is 0 Å². The first kappa shape index (κ1) is 8.97. The molecule has 6 N–H and O–H groups in total. The molecule has 0 aliphatic rings. The Morgan fingerprint density at radius 3 is 1.83 bits per heavy atom. The van der Waals surface area contributed by atoms with E-state index in [9.17, 15) is 0 Å². The molecule has 0 aliphatic heterocycles. The number of rotatable bonds is 0. The van der Waals surface area contributed by atoms with Crippen molar-refractivity contribution < 1.29 is 0 Å². The zero-order valence-electron chi connectivity index (χ0n) is 2.65. The molecule has 0 aliphatic carbocycles. The summed E-state index contributed by atoms with van der Waals surface area (Å²) < 4.78 is 0. The van der Waals surface area contributed by atoms with Crippen LogP contribution in [-0.2, 0) is 0 Å². The first-order chi connectivity index (χ1) is 2.27. The van der Waals surface area contributed by atoms with Crippen LogP contribution < -0.4 is 17.0 Å². The Kier molecular flexibility index (Phi) is 6.32. The van der Waals surface area contributed by atoms with Gasteiger partial charge in [-0.1, -0.05) is 7.43 Å². The largest absolute Gasteiger partial charge is 0.369 e. The third kappa shape index (κ3) is 10.6. The molecule has 0 saturated heterocycles. The molecule has 0 bridgehead atoms. The Bertz CT molecular complexity index is 40.8. The summed E-state index contributed by atoms with van der Waals surface area (Å²) in [5.74, 6) is 4.35. The van der Waals surface area contributed by atoms with E-state index in [1.165, 1.54) is 0 Å². The number of nitrogens with two attached hydrogens (primary N) is 2. The Hall–Kier alpha value is -0.770. The molecule has 0 atom stereocenters. The molecule has 6 heavy (non-hydrogen) atoms. The van der Waals surface area contributed by atoms with Crippen LogP contribution in [0.2, 0.25) is 0 Å². The summed E-state index contributed by atoms with van der Waals surface area (Å²) >= 11 is 0. The lowest BCUT2D eigenvalue weighted by Gasteiger charge is -1.85. The second kappa shape index (κ2) is 4.23. The van der Waals surface area contributed by atoms with E-state index in [4.69, 9.17) is 5.41 Å². The van der Waals surface area contributed by atoms with E-state index < -0.39 is 0 Å². The highest BCUT2D eigenvalue weighted by atomic mass is 15.3. The Labute approximate surface area is 37.0 Å². The third-order valence-electron chi connectivity index (χ3n) is 0.156. The molecule has 4 nitrogen and oxygen atoms in total. The van der Waals surface area contributed by atoms with Crippen LogP contribution in [0.15, 0.2) is 0 Å². The zero-order chi connectivity index (χ0) is 4.28. The molecular formula is C2H10N4. The minimum absolute atomic E-state index is 0. The molecular weight excluding hydrogens is 80.0 g/mol. The molecule has 0 aromatic carbocycles. The standard InChI is InChI=1S/CH6N4.CH4/c2-1(3)5-4;/h4H2,(H4,2,3,5);1H4. The topological polar surface area (TPSA) is 87.9 Å². The van der Waals surface area contributed by atoms with Gasteiger partial charge in [0.1, 0.15) is 0 Å². The maximum absolute atomic E-state index is 6.28. The fourth-order valence-electron chi connectivity index (χ4n) is 0. The van der Waals surface area contributed by atoms with E-state index in [-0.39, 0.29) is 13.4 Å². The van der Waals surface area contributed by atoms with E-state index in [0.717, 1.165) is 0 Å². The van der Waals surface area contributed by atoms with E-state index >= 15 is 0 Å². The van der Waals surface area contributed by atoms with Crippen molar-refractivity contribution in [1.82, 2.24) is 5.43 Å². The molecule has 0 aromatic heterocycles. The fourth-order valence-corrected chi connectivity index (χ4v) is 0. The molecule has 0 aromatic rings. The molecule has 0 spiro atoms. The van der Waals surface area contributed by atoms with E-state index in [0.29, 0.717) is 0 Å². The summed E-state index contributed by atoms with van der Waals surface area (Å²) in [4.78, 5) is 0. The average Bonchev–Trinajstić information content (AvgIpc) is 1.38. The summed E-state index contributed by atoms with van der Waals surface area (Å²) in [6.07, 6.45) is 0. The summed E-state index contributed by atoms with van der Waals surface area (Å²) in [6.45, 7) is 0. The van der Waals surface area contributed by atoms with Gasteiger partial charge in [0.05, 0.1) is 0 Å². The maximum atomic E-state index is 6.28. The van der Waals surface area contributed by atoms with Crippen LogP contribution in [-0.4, -0.2) is 5.96 Å². The number of hydrogen-bond donors (Lipinski definition) is 4. The van der Waals surface area contributed by atoms with Crippen molar-refractivity contribution in [2.45, 2.75) is 7.43 Å². The summed E-state index contributed by atoms with van der Waals surface area (Å²) in [7, 11) is 0. The first-order valence-corrected chi connectivity index (χ1v) is 1.08. The van der Waals surface area contributed by atoms with Gasteiger partial charge in [0.2, 0.25) is 0 Å². The van der Waals surface area contributed by atoms with Crippen molar-refractivity contribution in [1.29, 1.82) is 5.41 Å². The van der Waals surface area contributed by atoms with Crippen molar-refractivity contribution in [2.75, 3.05) is 0 Å². The SMILES string of the molecule is C.N=C(N)NN. The molecule has 0 amide bonds. The van der Waals surface area contributed by atoms with Gasteiger partial charge < -0.3 is 5.73 Å². The fraction of sp³-hybridized carbons (Fsp3) is 0.500. The molecule has 0 radical (unpaired) electrons. The molecule has 0 saturated carbocycles. The second-order valence-electron chi connectivity index (χ2n) is 0.558. The predicted molar refractivity (Wildman–Crippen MR) is 26.0 cm³/mol. The maximum Gasteiger partial charge on any atom is 0.200 e. The van der Waals surface area contributed by atoms with E-state index in [2.05, 4.69) is 11.6 Å². The minimum Gasteiger partial charge on any atom is -0.369 e. The van der Waals surface area contributed by atoms with Gasteiger partial charge in [-0.2, -0.15) is 0 Å². The van der Waals surface area contributed by atoms with E-state index in [1.807, 2.05) is 5.43 Å². The quantitative estimate of drug-likeness (QED) is 0.133. The third-order valence-corrected chi connectivity index (χ3v) is 0.156. The summed E-state index contributed by atoms with van der Waals surface area (Å²) in [6, 6.07) is 0. The summed E-state index contributed by atoms with van der Waals surface area (Å²) in [5.41, 5.74) is 6.53. The van der Waals surface area contributed by atoms with Gasteiger partial charge in [0, 0.05) is 0 Å². The van der Waals surface area contributed by atoms with Crippen LogP contribution >= 0.6 is 0 Å². The number of hydrazine groups is 1. The first-order valence-electron chi connectivity index (χ1n) is 1.08. The lowest BCUT2D eigenvalue weighted by Crippen LogP contribution is -2.35. The van der Waals surface area contributed by atoms with Crippen molar-refractivity contribution in [2.24, 2.45) is 11.6 Å². The Balaban J connectivity index is 0. The minimum atomic E-state index is -0.218. The van der Waals surface area contributed by atoms with Crippen LogP contribution in [0.5, 0.6) is 0 Å². The molecule has 0 heterocycles. The van der Waals surface area contributed by atoms with Crippen molar-refractivity contribution >= 4 is 5.96 Å². The van der Waals surface area contributed by atoms with Gasteiger partial charge in [-0.3, -0.25) is 10.8 Å². The van der Waals surface area contributed by atoms with E-state index in [1.54, 1.807) is 0 Å². The van der Waals surface area contributed by atoms with Crippen LogP contribution in [0.3, 0.4) is 0 Å². The molecule has 4 heteroatoms. The summed E-state index contributed by atoms with van der Waals surface area (Å²) in [5, 5.41) is 6.28. The molecule has 0 unspecified atom stereocenters. The monoisotopic (exact) mass is 90.1 g/mol.